The van der Waals surface area contributed by atoms with Crippen LogP contribution in [0.4, 0.5) is 5.82 Å². The molecule has 24 heavy (non-hydrogen) atoms. The number of likely N-dealkylation sites (tertiary alicyclic amines) is 1. The number of hydrogen-bond acceptors (Lipinski definition) is 5. The van der Waals surface area contributed by atoms with Crippen LogP contribution in [0.1, 0.15) is 41.9 Å². The van der Waals surface area contributed by atoms with Crippen LogP contribution in [0.3, 0.4) is 0 Å². The minimum Gasteiger partial charge on any atom is -0.461 e. The third-order valence-electron chi connectivity index (χ3n) is 4.40. The highest BCUT2D eigenvalue weighted by Gasteiger charge is 2.24. The number of esters is 1. The van der Waals surface area contributed by atoms with E-state index in [4.69, 9.17) is 10.5 Å². The van der Waals surface area contributed by atoms with Crippen LogP contribution in [0.5, 0.6) is 0 Å². The highest BCUT2D eigenvalue weighted by Crippen LogP contribution is 2.26. The second kappa shape index (κ2) is 7.49. The lowest BCUT2D eigenvalue weighted by molar-refractivity contribution is 0.0517. The largest absolute Gasteiger partial charge is 0.461 e. The molecule has 1 fully saturated rings. The number of ether oxygens (including phenoxy) is 1. The van der Waals surface area contributed by atoms with Gasteiger partial charge in [0.1, 0.15) is 5.82 Å². The lowest BCUT2D eigenvalue weighted by Gasteiger charge is -2.32. The third kappa shape index (κ3) is 3.76. The minimum absolute atomic E-state index is 0.236. The monoisotopic (exact) mass is 328 g/mol. The smallest absolute Gasteiger partial charge is 0.358 e. The number of anilines is 1. The Labute approximate surface area is 142 Å². The van der Waals surface area contributed by atoms with Crippen molar-refractivity contribution in [2.75, 3.05) is 25.4 Å². The number of piperidine rings is 1. The van der Waals surface area contributed by atoms with Crippen LogP contribution in [-0.4, -0.2) is 40.3 Å². The fourth-order valence-corrected chi connectivity index (χ4v) is 3.17. The van der Waals surface area contributed by atoms with Gasteiger partial charge in [-0.3, -0.25) is 4.90 Å². The standard InChI is InChI=1S/C18H24N4O2/c1-2-24-18(23)16-12-17(19)22(20-16)15-8-10-21(11-9-15)13-14-6-4-3-5-7-14/h3-7,12,15H,2,8-11,13,19H2,1H3. The molecule has 128 valence electrons. The summed E-state index contributed by atoms with van der Waals surface area (Å²) < 4.78 is 6.77. The molecule has 1 aromatic carbocycles. The molecule has 6 heteroatoms. The van der Waals surface area contributed by atoms with Crippen molar-refractivity contribution in [2.45, 2.75) is 32.4 Å². The number of benzene rings is 1. The van der Waals surface area contributed by atoms with E-state index < -0.39 is 5.97 Å². The van der Waals surface area contributed by atoms with Crippen LogP contribution in [0.2, 0.25) is 0 Å². The van der Waals surface area contributed by atoms with Crippen molar-refractivity contribution in [3.05, 3.63) is 47.7 Å². The summed E-state index contributed by atoms with van der Waals surface area (Å²) in [5.41, 5.74) is 7.67. The van der Waals surface area contributed by atoms with Crippen molar-refractivity contribution in [3.63, 3.8) is 0 Å². The Bertz CT molecular complexity index is 676. The van der Waals surface area contributed by atoms with Crippen LogP contribution >= 0.6 is 0 Å². The van der Waals surface area contributed by atoms with Gasteiger partial charge < -0.3 is 10.5 Å². The molecule has 2 aromatic rings. The lowest BCUT2D eigenvalue weighted by atomic mass is 10.0. The molecular formula is C18H24N4O2. The predicted molar refractivity (Wildman–Crippen MR) is 92.6 cm³/mol. The molecule has 1 aliphatic rings. The van der Waals surface area contributed by atoms with Gasteiger partial charge in [-0.05, 0) is 25.3 Å². The molecular weight excluding hydrogens is 304 g/mol. The van der Waals surface area contributed by atoms with E-state index in [0.29, 0.717) is 18.1 Å². The number of carbonyl (C=O) groups is 1. The molecule has 0 bridgehead atoms. The Hall–Kier alpha value is -2.34. The van der Waals surface area contributed by atoms with Crippen molar-refractivity contribution in [1.29, 1.82) is 0 Å². The SMILES string of the molecule is CCOC(=O)c1cc(N)n(C2CCN(Cc3ccccc3)CC2)n1. The summed E-state index contributed by atoms with van der Waals surface area (Å²) in [6.07, 6.45) is 1.95. The number of nitrogens with two attached hydrogens (primary N) is 1. The van der Waals surface area contributed by atoms with Crippen LogP contribution in [0, 0.1) is 0 Å². The van der Waals surface area contributed by atoms with E-state index >= 15 is 0 Å². The first-order valence-corrected chi connectivity index (χ1v) is 8.45. The molecule has 0 saturated carbocycles. The summed E-state index contributed by atoms with van der Waals surface area (Å²) in [5.74, 6) is 0.115. The normalized spacial score (nSPS) is 16.2. The molecule has 1 saturated heterocycles. The molecule has 0 spiro atoms. The molecule has 1 aliphatic heterocycles. The molecule has 2 heterocycles. The molecule has 0 atom stereocenters. The van der Waals surface area contributed by atoms with Gasteiger partial charge in [0.15, 0.2) is 5.69 Å². The summed E-state index contributed by atoms with van der Waals surface area (Å²) in [5, 5.41) is 4.36. The Balaban J connectivity index is 1.59. The van der Waals surface area contributed by atoms with Crippen molar-refractivity contribution in [3.8, 4) is 0 Å². The van der Waals surface area contributed by atoms with Gasteiger partial charge in [-0.25, -0.2) is 9.48 Å². The molecule has 0 radical (unpaired) electrons. The Kier molecular flexibility index (Phi) is 5.15. The van der Waals surface area contributed by atoms with Gasteiger partial charge in [0, 0.05) is 25.7 Å². The second-order valence-electron chi connectivity index (χ2n) is 6.11. The molecule has 0 aliphatic carbocycles. The first kappa shape index (κ1) is 16.5. The Morgan fingerprint density at radius 1 is 1.29 bits per heavy atom. The van der Waals surface area contributed by atoms with Crippen LogP contribution < -0.4 is 5.73 Å². The van der Waals surface area contributed by atoms with Crippen molar-refractivity contribution < 1.29 is 9.53 Å². The predicted octanol–water partition coefficient (Wildman–Crippen LogP) is 2.48. The van der Waals surface area contributed by atoms with Gasteiger partial charge in [-0.1, -0.05) is 30.3 Å². The summed E-state index contributed by atoms with van der Waals surface area (Å²) in [7, 11) is 0. The number of nitrogens with zero attached hydrogens (tertiary/aromatic N) is 3. The zero-order chi connectivity index (χ0) is 16.9. The molecule has 0 unspecified atom stereocenters. The molecule has 0 amide bonds. The van der Waals surface area contributed by atoms with Gasteiger partial charge in [-0.15, -0.1) is 0 Å². The van der Waals surface area contributed by atoms with Crippen LogP contribution in [0.25, 0.3) is 0 Å². The minimum atomic E-state index is -0.413. The maximum atomic E-state index is 11.8. The lowest BCUT2D eigenvalue weighted by Crippen LogP contribution is -2.34. The number of nitrogen functional groups attached to an aromatic ring is 1. The summed E-state index contributed by atoms with van der Waals surface area (Å²) in [4.78, 5) is 14.2. The number of aromatic nitrogens is 2. The topological polar surface area (TPSA) is 73.4 Å². The Morgan fingerprint density at radius 3 is 2.67 bits per heavy atom. The molecule has 2 N–H and O–H groups in total. The first-order valence-electron chi connectivity index (χ1n) is 8.45. The highest BCUT2D eigenvalue weighted by atomic mass is 16.5. The van der Waals surface area contributed by atoms with E-state index in [2.05, 4.69) is 34.3 Å². The van der Waals surface area contributed by atoms with Crippen LogP contribution in [-0.2, 0) is 11.3 Å². The van der Waals surface area contributed by atoms with Gasteiger partial charge in [0.05, 0.1) is 12.6 Å². The van der Waals surface area contributed by atoms with Crippen molar-refractivity contribution >= 4 is 11.8 Å². The third-order valence-corrected chi connectivity index (χ3v) is 4.40. The fraction of sp³-hybridized carbons (Fsp3) is 0.444. The quantitative estimate of drug-likeness (QED) is 0.854. The maximum Gasteiger partial charge on any atom is 0.358 e. The zero-order valence-corrected chi connectivity index (χ0v) is 14.0. The van der Waals surface area contributed by atoms with Gasteiger partial charge in [0.25, 0.3) is 0 Å². The molecule has 6 nitrogen and oxygen atoms in total. The first-order chi connectivity index (χ1) is 11.7. The maximum absolute atomic E-state index is 11.8. The van der Waals surface area contributed by atoms with Crippen molar-refractivity contribution in [2.24, 2.45) is 0 Å². The zero-order valence-electron chi connectivity index (χ0n) is 14.0. The summed E-state index contributed by atoms with van der Waals surface area (Å²) in [6, 6.07) is 12.3. The van der Waals surface area contributed by atoms with E-state index in [1.54, 1.807) is 17.7 Å². The highest BCUT2D eigenvalue weighted by molar-refractivity contribution is 5.88. The average Bonchev–Trinajstić information content (AvgIpc) is 2.99. The number of carbonyl (C=O) groups excluding carboxylic acids is 1. The van der Waals surface area contributed by atoms with E-state index in [9.17, 15) is 4.79 Å². The second-order valence-corrected chi connectivity index (χ2v) is 6.11. The van der Waals surface area contributed by atoms with Crippen molar-refractivity contribution in [1.82, 2.24) is 14.7 Å². The summed E-state index contributed by atoms with van der Waals surface area (Å²) in [6.45, 7) is 5.07. The Morgan fingerprint density at radius 2 is 2.00 bits per heavy atom. The van der Waals surface area contributed by atoms with E-state index in [-0.39, 0.29) is 6.04 Å². The number of rotatable bonds is 5. The molecule has 1 aromatic heterocycles. The van der Waals surface area contributed by atoms with Gasteiger partial charge >= 0.3 is 5.97 Å². The van der Waals surface area contributed by atoms with Gasteiger partial charge in [0.2, 0.25) is 0 Å². The average molecular weight is 328 g/mol. The van der Waals surface area contributed by atoms with Gasteiger partial charge in [-0.2, -0.15) is 5.10 Å². The number of hydrogen-bond donors (Lipinski definition) is 1. The fourth-order valence-electron chi connectivity index (χ4n) is 3.17. The van der Waals surface area contributed by atoms with E-state index in [1.807, 2.05) is 6.07 Å². The van der Waals surface area contributed by atoms with E-state index in [1.165, 1.54) is 5.56 Å². The summed E-state index contributed by atoms with van der Waals surface area (Å²) >= 11 is 0. The van der Waals surface area contributed by atoms with Crippen LogP contribution in [0.15, 0.2) is 36.4 Å². The van der Waals surface area contributed by atoms with E-state index in [0.717, 1.165) is 32.5 Å². The molecule has 3 rings (SSSR count).